The van der Waals surface area contributed by atoms with Gasteiger partial charge < -0.3 is 10.6 Å². The number of halogens is 3. The zero-order chi connectivity index (χ0) is 15.4. The van der Waals surface area contributed by atoms with Crippen LogP contribution in [0.3, 0.4) is 0 Å². The molecule has 0 heterocycles. The summed E-state index contributed by atoms with van der Waals surface area (Å²) in [5.74, 6) is -0.195. The number of alkyl halides is 3. The minimum atomic E-state index is -4.33. The first-order valence-corrected chi connectivity index (χ1v) is 6.26. The summed E-state index contributed by atoms with van der Waals surface area (Å²) in [5, 5.41) is 5.67. The van der Waals surface area contributed by atoms with Crippen LogP contribution in [0.5, 0.6) is 0 Å². The van der Waals surface area contributed by atoms with E-state index in [0.717, 1.165) is 12.1 Å². The number of hydrogen-bond donors (Lipinski definition) is 2. The van der Waals surface area contributed by atoms with Gasteiger partial charge in [-0.2, -0.15) is 13.2 Å². The molecule has 1 aromatic carbocycles. The van der Waals surface area contributed by atoms with Crippen molar-refractivity contribution < 1.29 is 18.0 Å². The van der Waals surface area contributed by atoms with Crippen LogP contribution >= 0.6 is 0 Å². The molecule has 3 nitrogen and oxygen atoms in total. The minimum absolute atomic E-state index is 0.161. The van der Waals surface area contributed by atoms with Crippen molar-refractivity contribution in [2.75, 3.05) is 6.54 Å². The maximum Gasteiger partial charge on any atom is 0.416 e. The Morgan fingerprint density at radius 3 is 2.10 bits per heavy atom. The van der Waals surface area contributed by atoms with Crippen molar-refractivity contribution in [3.63, 3.8) is 0 Å². The largest absolute Gasteiger partial charge is 0.416 e. The topological polar surface area (TPSA) is 41.1 Å². The Morgan fingerprint density at radius 2 is 1.65 bits per heavy atom. The summed E-state index contributed by atoms with van der Waals surface area (Å²) in [7, 11) is 0. The second-order valence-corrected chi connectivity index (χ2v) is 5.57. The zero-order valence-electron chi connectivity index (χ0n) is 11.8. The van der Waals surface area contributed by atoms with Crippen LogP contribution in [0, 0.1) is 0 Å². The van der Waals surface area contributed by atoms with Gasteiger partial charge in [0.05, 0.1) is 12.1 Å². The molecular weight excluding hydrogens is 269 g/mol. The summed E-state index contributed by atoms with van der Waals surface area (Å²) in [6.07, 6.45) is -4.33. The second kappa shape index (κ2) is 6.26. The first kappa shape index (κ1) is 16.5. The standard InChI is InChI=1S/C14H19F3N2O/c1-13(2,3)19-9-12(20)18-8-10-4-6-11(7-5-10)14(15,16)17/h4-7,19H,8-9H2,1-3H3,(H,18,20). The minimum Gasteiger partial charge on any atom is -0.351 e. The molecule has 0 unspecified atom stereocenters. The lowest BCUT2D eigenvalue weighted by Crippen LogP contribution is -2.43. The fourth-order valence-corrected chi connectivity index (χ4v) is 1.42. The molecule has 0 aliphatic heterocycles. The highest BCUT2D eigenvalue weighted by atomic mass is 19.4. The molecule has 0 bridgehead atoms. The number of rotatable bonds is 4. The van der Waals surface area contributed by atoms with Gasteiger partial charge in [0.25, 0.3) is 0 Å². The van der Waals surface area contributed by atoms with E-state index in [0.29, 0.717) is 5.56 Å². The van der Waals surface area contributed by atoms with Crippen LogP contribution in [0.25, 0.3) is 0 Å². The fourth-order valence-electron chi connectivity index (χ4n) is 1.42. The van der Waals surface area contributed by atoms with E-state index in [9.17, 15) is 18.0 Å². The maximum absolute atomic E-state index is 12.4. The first-order valence-electron chi connectivity index (χ1n) is 6.26. The normalized spacial score (nSPS) is 12.3. The molecule has 1 amide bonds. The highest BCUT2D eigenvalue weighted by Gasteiger charge is 2.29. The SMILES string of the molecule is CC(C)(C)NCC(=O)NCc1ccc(C(F)(F)F)cc1. The molecule has 20 heavy (non-hydrogen) atoms. The Morgan fingerprint density at radius 1 is 1.10 bits per heavy atom. The van der Waals surface area contributed by atoms with E-state index in [1.807, 2.05) is 20.8 Å². The predicted octanol–water partition coefficient (Wildman–Crippen LogP) is 2.71. The smallest absolute Gasteiger partial charge is 0.351 e. The molecular formula is C14H19F3N2O. The second-order valence-electron chi connectivity index (χ2n) is 5.57. The highest BCUT2D eigenvalue weighted by Crippen LogP contribution is 2.28. The molecule has 0 aromatic heterocycles. The van der Waals surface area contributed by atoms with Gasteiger partial charge in [0, 0.05) is 12.1 Å². The van der Waals surface area contributed by atoms with Crippen molar-refractivity contribution in [2.45, 2.75) is 39.0 Å². The van der Waals surface area contributed by atoms with Crippen molar-refractivity contribution in [3.8, 4) is 0 Å². The Kier molecular flexibility index (Phi) is 5.16. The van der Waals surface area contributed by atoms with Crippen LogP contribution in [0.4, 0.5) is 13.2 Å². The molecule has 1 aromatic rings. The number of carbonyl (C=O) groups excluding carboxylic acids is 1. The fraction of sp³-hybridized carbons (Fsp3) is 0.500. The molecule has 0 saturated heterocycles. The third-order valence-corrected chi connectivity index (χ3v) is 2.55. The van der Waals surface area contributed by atoms with Crippen LogP contribution in [0.15, 0.2) is 24.3 Å². The van der Waals surface area contributed by atoms with E-state index in [1.165, 1.54) is 12.1 Å². The number of amides is 1. The zero-order valence-corrected chi connectivity index (χ0v) is 11.8. The van der Waals surface area contributed by atoms with Gasteiger partial charge in [0.2, 0.25) is 5.91 Å². The summed E-state index contributed by atoms with van der Waals surface area (Å²) in [5.41, 5.74) is -0.227. The summed E-state index contributed by atoms with van der Waals surface area (Å²) in [6.45, 7) is 6.20. The van der Waals surface area contributed by atoms with E-state index in [2.05, 4.69) is 10.6 Å². The van der Waals surface area contributed by atoms with Gasteiger partial charge in [0.15, 0.2) is 0 Å². The van der Waals surface area contributed by atoms with E-state index in [4.69, 9.17) is 0 Å². The molecule has 0 radical (unpaired) electrons. The average Bonchev–Trinajstić information content (AvgIpc) is 2.32. The number of nitrogens with one attached hydrogen (secondary N) is 2. The summed E-state index contributed by atoms with van der Waals surface area (Å²) in [6, 6.07) is 4.74. The molecule has 112 valence electrons. The van der Waals surface area contributed by atoms with Crippen molar-refractivity contribution in [1.82, 2.24) is 10.6 Å². The summed E-state index contributed by atoms with van der Waals surface area (Å²) in [4.78, 5) is 11.5. The number of hydrogen-bond acceptors (Lipinski definition) is 2. The van der Waals surface area contributed by atoms with Crippen LogP contribution in [0.1, 0.15) is 31.9 Å². The lowest BCUT2D eigenvalue weighted by Gasteiger charge is -2.20. The molecule has 0 spiro atoms. The average molecular weight is 288 g/mol. The highest BCUT2D eigenvalue weighted by molar-refractivity contribution is 5.78. The number of carbonyl (C=O) groups is 1. The Balaban J connectivity index is 2.44. The molecule has 0 aliphatic carbocycles. The quantitative estimate of drug-likeness (QED) is 0.894. The van der Waals surface area contributed by atoms with E-state index in [1.54, 1.807) is 0 Å². The van der Waals surface area contributed by atoms with Crippen molar-refractivity contribution in [2.24, 2.45) is 0 Å². The Hall–Kier alpha value is -1.56. The van der Waals surface area contributed by atoms with E-state index < -0.39 is 11.7 Å². The van der Waals surface area contributed by atoms with Crippen LogP contribution in [0.2, 0.25) is 0 Å². The van der Waals surface area contributed by atoms with Gasteiger partial charge >= 0.3 is 6.18 Å². The van der Waals surface area contributed by atoms with Crippen LogP contribution in [-0.4, -0.2) is 18.0 Å². The maximum atomic E-state index is 12.4. The summed E-state index contributed by atoms with van der Waals surface area (Å²) >= 11 is 0. The molecule has 6 heteroatoms. The predicted molar refractivity (Wildman–Crippen MR) is 71.0 cm³/mol. The van der Waals surface area contributed by atoms with Gasteiger partial charge in [-0.15, -0.1) is 0 Å². The van der Waals surface area contributed by atoms with Crippen molar-refractivity contribution in [3.05, 3.63) is 35.4 Å². The molecule has 0 saturated carbocycles. The van der Waals surface area contributed by atoms with Crippen molar-refractivity contribution >= 4 is 5.91 Å². The molecule has 0 fully saturated rings. The van der Waals surface area contributed by atoms with Gasteiger partial charge in [-0.25, -0.2) is 0 Å². The lowest BCUT2D eigenvalue weighted by atomic mass is 10.1. The molecule has 2 N–H and O–H groups in total. The van der Waals surface area contributed by atoms with Crippen molar-refractivity contribution in [1.29, 1.82) is 0 Å². The molecule has 0 atom stereocenters. The van der Waals surface area contributed by atoms with Gasteiger partial charge in [-0.1, -0.05) is 12.1 Å². The third-order valence-electron chi connectivity index (χ3n) is 2.55. The van der Waals surface area contributed by atoms with Gasteiger partial charge in [-0.3, -0.25) is 4.79 Å². The third kappa shape index (κ3) is 6.06. The monoisotopic (exact) mass is 288 g/mol. The van der Waals surface area contributed by atoms with Gasteiger partial charge in [-0.05, 0) is 38.5 Å². The van der Waals surface area contributed by atoms with Gasteiger partial charge in [0.1, 0.15) is 0 Å². The number of benzene rings is 1. The van der Waals surface area contributed by atoms with E-state index in [-0.39, 0.29) is 24.5 Å². The van der Waals surface area contributed by atoms with Crippen LogP contribution < -0.4 is 10.6 Å². The molecule has 1 rings (SSSR count). The lowest BCUT2D eigenvalue weighted by molar-refractivity contribution is -0.137. The Bertz CT molecular complexity index is 447. The molecule has 0 aliphatic rings. The van der Waals surface area contributed by atoms with Crippen LogP contribution in [-0.2, 0) is 17.5 Å². The summed E-state index contributed by atoms with van der Waals surface area (Å²) < 4.78 is 37.1. The Labute approximate surface area is 116 Å². The first-order chi connectivity index (χ1) is 9.08. The van der Waals surface area contributed by atoms with E-state index >= 15 is 0 Å².